The van der Waals surface area contributed by atoms with Gasteiger partial charge in [-0.25, -0.2) is 16.8 Å². The van der Waals surface area contributed by atoms with Crippen molar-refractivity contribution in [1.29, 1.82) is 0 Å². The number of hydrogen-bond donors (Lipinski definition) is 2. The Kier molecular flexibility index (Phi) is 9.83. The predicted molar refractivity (Wildman–Crippen MR) is 91.0 cm³/mol. The van der Waals surface area contributed by atoms with E-state index in [0.717, 1.165) is 12.1 Å². The number of ether oxygens (including phenoxy) is 2. The number of benzene rings is 2. The minimum absolute atomic E-state index is 0. The molecule has 2 aromatic carbocycles. The molecule has 144 valence electrons. The number of aromatic hydroxyl groups is 2. The number of phenols is 2. The van der Waals surface area contributed by atoms with Crippen molar-refractivity contribution in [2.24, 2.45) is 0 Å². The van der Waals surface area contributed by atoms with Crippen LogP contribution >= 0.6 is 0 Å². The second kappa shape index (κ2) is 10.3. The third kappa shape index (κ3) is 6.99. The molecule has 0 radical (unpaired) electrons. The molecule has 0 aliphatic carbocycles. The molecule has 13 heteroatoms. The van der Waals surface area contributed by atoms with Gasteiger partial charge < -0.3 is 28.8 Å². The molecule has 2 rings (SSSR count). The molecule has 10 nitrogen and oxygen atoms in total. The average molecular weight is 446 g/mol. The molecule has 27 heavy (non-hydrogen) atoms. The number of para-hydroxylation sites is 2. The van der Waals surface area contributed by atoms with Crippen molar-refractivity contribution in [3.05, 3.63) is 36.4 Å². The van der Waals surface area contributed by atoms with Gasteiger partial charge in [-0.2, -0.15) is 0 Å². The first kappa shape index (κ1) is 25.7. The van der Waals surface area contributed by atoms with Crippen molar-refractivity contribution in [3.63, 3.8) is 0 Å². The van der Waals surface area contributed by atoms with E-state index >= 15 is 0 Å². The second-order valence-corrected chi connectivity index (χ2v) is 7.22. The molecule has 0 unspecified atom stereocenters. The van der Waals surface area contributed by atoms with Gasteiger partial charge in [0.25, 0.3) is 0 Å². The maximum atomic E-state index is 10.6. The number of hydrogen-bond acceptors (Lipinski definition) is 10. The molecule has 0 aliphatic rings. The Bertz CT molecular complexity index is 905. The van der Waals surface area contributed by atoms with Gasteiger partial charge in [-0.05, 0) is 24.3 Å². The molecule has 0 bridgehead atoms. The van der Waals surface area contributed by atoms with Crippen LogP contribution in [0.25, 0.3) is 0 Å². The smallest absolute Gasteiger partial charge is 0.744 e. The fourth-order valence-corrected chi connectivity index (χ4v) is 3.13. The van der Waals surface area contributed by atoms with Crippen LogP contribution in [0.4, 0.5) is 0 Å². The van der Waals surface area contributed by atoms with E-state index in [4.69, 9.17) is 10.2 Å². The van der Waals surface area contributed by atoms with Gasteiger partial charge in [-0.15, -0.1) is 0 Å². The molecule has 2 aromatic rings. The summed E-state index contributed by atoms with van der Waals surface area (Å²) in [5.41, 5.74) is 0. The Hall–Kier alpha value is -1.28. The summed E-state index contributed by atoms with van der Waals surface area (Å²) in [6.45, 7) is 0. The molecule has 0 spiro atoms. The van der Waals surface area contributed by atoms with Crippen LogP contribution in [0.3, 0.4) is 0 Å². The monoisotopic (exact) mass is 446 g/mol. The summed E-state index contributed by atoms with van der Waals surface area (Å²) in [6, 6.07) is 7.11. The third-order valence-corrected chi connectivity index (χ3v) is 4.58. The van der Waals surface area contributed by atoms with E-state index in [1.54, 1.807) is 0 Å². The maximum Gasteiger partial charge on any atom is 2.00 e. The van der Waals surface area contributed by atoms with Crippen molar-refractivity contribution < 1.29 is 45.6 Å². The normalized spacial score (nSPS) is 10.8. The van der Waals surface area contributed by atoms with Crippen molar-refractivity contribution in [2.75, 3.05) is 14.2 Å². The van der Waals surface area contributed by atoms with Crippen LogP contribution in [0.2, 0.25) is 0 Å². The molecule has 0 fully saturated rings. The Morgan fingerprint density at radius 2 is 1.04 bits per heavy atom. The van der Waals surface area contributed by atoms with E-state index in [-0.39, 0.29) is 60.7 Å². The van der Waals surface area contributed by atoms with Gasteiger partial charge >= 0.3 is 37.7 Å². The van der Waals surface area contributed by atoms with Crippen LogP contribution in [0.1, 0.15) is 0 Å². The topological polar surface area (TPSA) is 173 Å². The molecule has 0 aromatic heterocycles. The second-order valence-electron chi connectivity index (χ2n) is 4.53. The predicted octanol–water partition coefficient (Wildman–Crippen LogP) is 0.229. The van der Waals surface area contributed by atoms with Crippen LogP contribution in [-0.2, 0) is 20.2 Å². The first-order chi connectivity index (χ1) is 11.9. The number of phenolic OH excluding ortho intramolecular Hbond substituents is 2. The zero-order valence-corrected chi connectivity index (χ0v) is 18.0. The molecule has 0 heterocycles. The first-order valence-electron chi connectivity index (χ1n) is 6.57. The van der Waals surface area contributed by atoms with Gasteiger partial charge in [0.05, 0.1) is 14.2 Å². The van der Waals surface area contributed by atoms with Crippen LogP contribution in [0.5, 0.6) is 23.0 Å². The standard InChI is InChI=1S/2C7H8O5S.Ca/c2*1-12-7-5(8)3-2-4-6(7)13(9,10)11;/h2*2-4,8H,1H3,(H,9,10,11);/q;;+2/p-2. The van der Waals surface area contributed by atoms with E-state index in [9.17, 15) is 25.9 Å². The van der Waals surface area contributed by atoms with E-state index in [1.165, 1.54) is 38.5 Å². The van der Waals surface area contributed by atoms with Crippen LogP contribution in [0, 0.1) is 0 Å². The van der Waals surface area contributed by atoms with Gasteiger partial charge in [0.2, 0.25) is 0 Å². The largest absolute Gasteiger partial charge is 2.00 e. The SMILES string of the molecule is COc1c(O)cccc1S(=O)(=O)[O-].COc1c(O)cccc1S(=O)(=O)[O-].[Ca+2]. The molecular weight excluding hydrogens is 432 g/mol. The Labute approximate surface area is 185 Å². The summed E-state index contributed by atoms with van der Waals surface area (Å²) in [7, 11) is -6.87. The molecule has 0 saturated carbocycles. The van der Waals surface area contributed by atoms with Crippen LogP contribution in [-0.4, -0.2) is 88.1 Å². The Morgan fingerprint density at radius 1 is 0.741 bits per heavy atom. The molecule has 0 amide bonds. The minimum Gasteiger partial charge on any atom is -0.744 e. The molecule has 2 N–H and O–H groups in total. The van der Waals surface area contributed by atoms with E-state index < -0.39 is 30.0 Å². The Morgan fingerprint density at radius 3 is 1.22 bits per heavy atom. The average Bonchev–Trinajstić information content (AvgIpc) is 2.53. The minimum atomic E-state index is -4.60. The molecule has 0 atom stereocenters. The fraction of sp³-hybridized carbons (Fsp3) is 0.143. The summed E-state index contributed by atoms with van der Waals surface area (Å²) in [5, 5.41) is 18.3. The summed E-state index contributed by atoms with van der Waals surface area (Å²) < 4.78 is 72.9. The zero-order chi connectivity index (χ0) is 20.1. The van der Waals surface area contributed by atoms with E-state index in [2.05, 4.69) is 9.47 Å². The Balaban J connectivity index is 0.000000483. The third-order valence-electron chi connectivity index (χ3n) is 2.86. The maximum absolute atomic E-state index is 10.6. The van der Waals surface area contributed by atoms with Gasteiger partial charge in [-0.1, -0.05) is 12.1 Å². The van der Waals surface area contributed by atoms with Crippen LogP contribution in [0.15, 0.2) is 46.2 Å². The molecular formula is C14H14CaO10S2. The summed E-state index contributed by atoms with van der Waals surface area (Å²) in [4.78, 5) is -1.12. The van der Waals surface area contributed by atoms with E-state index in [0.29, 0.717) is 0 Å². The summed E-state index contributed by atoms with van der Waals surface area (Å²) >= 11 is 0. The quantitative estimate of drug-likeness (QED) is 0.489. The fourth-order valence-electron chi connectivity index (χ4n) is 1.81. The van der Waals surface area contributed by atoms with Gasteiger partial charge in [0.1, 0.15) is 30.0 Å². The van der Waals surface area contributed by atoms with Crippen molar-refractivity contribution in [1.82, 2.24) is 0 Å². The molecule has 0 saturated heterocycles. The van der Waals surface area contributed by atoms with E-state index in [1.807, 2.05) is 0 Å². The summed E-state index contributed by atoms with van der Waals surface area (Å²) in [6.07, 6.45) is 0. The zero-order valence-electron chi connectivity index (χ0n) is 14.1. The van der Waals surface area contributed by atoms with Crippen molar-refractivity contribution in [2.45, 2.75) is 9.79 Å². The molecule has 0 aliphatic heterocycles. The first-order valence-corrected chi connectivity index (χ1v) is 9.38. The van der Waals surface area contributed by atoms with Gasteiger partial charge in [-0.3, -0.25) is 0 Å². The van der Waals surface area contributed by atoms with Gasteiger partial charge in [0.15, 0.2) is 23.0 Å². The van der Waals surface area contributed by atoms with Gasteiger partial charge in [0, 0.05) is 0 Å². The van der Waals surface area contributed by atoms with Crippen molar-refractivity contribution >= 4 is 58.0 Å². The summed E-state index contributed by atoms with van der Waals surface area (Å²) in [5.74, 6) is -1.39. The van der Waals surface area contributed by atoms with Crippen molar-refractivity contribution in [3.8, 4) is 23.0 Å². The number of rotatable bonds is 4. The van der Waals surface area contributed by atoms with Crippen LogP contribution < -0.4 is 9.47 Å². The number of methoxy groups -OCH3 is 2.